The normalized spacial score (nSPS) is 31.4. The highest BCUT2D eigenvalue weighted by Gasteiger charge is 2.29. The third kappa shape index (κ3) is 4.18. The number of nitrogens with one attached hydrogen (secondary N) is 1. The number of ether oxygens (including phenoxy) is 1. The second-order valence-electron chi connectivity index (χ2n) is 5.21. The van der Waals surface area contributed by atoms with Crippen LogP contribution in [0.25, 0.3) is 0 Å². The summed E-state index contributed by atoms with van der Waals surface area (Å²) in [6.07, 6.45) is 5.83. The zero-order valence-corrected chi connectivity index (χ0v) is 11.8. The van der Waals surface area contributed by atoms with Crippen molar-refractivity contribution in [3.05, 3.63) is 0 Å². The van der Waals surface area contributed by atoms with E-state index in [1.165, 1.54) is 31.4 Å². The first kappa shape index (κ1) is 13.2. The Kier molecular flexibility index (Phi) is 5.16. The minimum absolute atomic E-state index is 0.310. The molecule has 17 heavy (non-hydrogen) atoms. The first-order chi connectivity index (χ1) is 8.25. The molecule has 1 saturated carbocycles. The highest BCUT2D eigenvalue weighted by atomic mass is 32.2. The average molecular weight is 256 g/mol. The number of nitrogens with zero attached hydrogens (tertiary/aromatic N) is 1. The summed E-state index contributed by atoms with van der Waals surface area (Å²) in [7, 11) is 0. The zero-order chi connectivity index (χ0) is 12.1. The summed E-state index contributed by atoms with van der Waals surface area (Å²) in [5.41, 5.74) is 0. The van der Waals surface area contributed by atoms with Crippen LogP contribution in [0, 0.1) is 5.92 Å². The summed E-state index contributed by atoms with van der Waals surface area (Å²) in [4.78, 5) is 4.59. The fraction of sp³-hybridized carbons (Fsp3) is 0.923. The number of fused-ring (bicyclic) bond motifs is 1. The van der Waals surface area contributed by atoms with Gasteiger partial charge in [0.1, 0.15) is 0 Å². The van der Waals surface area contributed by atoms with Gasteiger partial charge in [-0.1, -0.05) is 24.6 Å². The van der Waals surface area contributed by atoms with E-state index >= 15 is 0 Å². The molecular formula is C13H24N2OS. The van der Waals surface area contributed by atoms with Crippen LogP contribution in [0.2, 0.25) is 0 Å². The molecular weight excluding hydrogens is 232 g/mol. The lowest BCUT2D eigenvalue weighted by Crippen LogP contribution is -2.46. The molecule has 0 aromatic carbocycles. The first-order valence-corrected chi connectivity index (χ1v) is 7.79. The molecule has 1 heterocycles. The van der Waals surface area contributed by atoms with Gasteiger partial charge >= 0.3 is 0 Å². The topological polar surface area (TPSA) is 33.6 Å². The number of aliphatic imine (C=N–C) groups is 1. The molecule has 4 heteroatoms. The summed E-state index contributed by atoms with van der Waals surface area (Å²) in [5.74, 6) is 2.13. The standard InChI is InChI=1S/C13H24N2OS/c1-10(2)16-8-7-14-13-15-12-6-4-3-5-11(12)9-17-13/h10-12H,3-9H2,1-2H3,(H,14,15). The van der Waals surface area contributed by atoms with E-state index in [1.54, 1.807) is 0 Å². The minimum Gasteiger partial charge on any atom is -0.377 e. The van der Waals surface area contributed by atoms with Crippen molar-refractivity contribution in [2.24, 2.45) is 10.9 Å². The van der Waals surface area contributed by atoms with Gasteiger partial charge in [0.05, 0.1) is 19.3 Å². The third-order valence-corrected chi connectivity index (χ3v) is 4.57. The molecule has 0 amide bonds. The molecule has 0 spiro atoms. The average Bonchev–Trinajstić information content (AvgIpc) is 2.34. The van der Waals surface area contributed by atoms with Crippen LogP contribution in [0.1, 0.15) is 39.5 Å². The fourth-order valence-corrected chi connectivity index (χ4v) is 3.70. The van der Waals surface area contributed by atoms with E-state index in [9.17, 15) is 0 Å². The van der Waals surface area contributed by atoms with E-state index < -0.39 is 0 Å². The molecule has 2 aliphatic rings. The van der Waals surface area contributed by atoms with Crippen LogP contribution >= 0.6 is 11.8 Å². The molecule has 0 aromatic heterocycles. The van der Waals surface area contributed by atoms with Crippen LogP contribution < -0.4 is 5.32 Å². The summed E-state index contributed by atoms with van der Waals surface area (Å²) >= 11 is 1.89. The molecule has 0 bridgehead atoms. The van der Waals surface area contributed by atoms with Crippen molar-refractivity contribution in [1.82, 2.24) is 5.32 Å². The van der Waals surface area contributed by atoms with Gasteiger partial charge in [-0.25, -0.2) is 0 Å². The summed E-state index contributed by atoms with van der Waals surface area (Å²) in [5, 5.41) is 4.74. The maximum absolute atomic E-state index is 5.50. The lowest BCUT2D eigenvalue weighted by Gasteiger charge is -2.36. The van der Waals surface area contributed by atoms with Gasteiger partial charge in [0, 0.05) is 11.8 Å². The van der Waals surface area contributed by atoms with Gasteiger partial charge in [-0.05, 0) is 32.6 Å². The Bertz CT molecular complexity index is 268. The number of rotatable bonds is 4. The number of hydrogen-bond acceptors (Lipinski definition) is 3. The fourth-order valence-electron chi connectivity index (χ4n) is 2.51. The van der Waals surface area contributed by atoms with E-state index in [4.69, 9.17) is 4.74 Å². The monoisotopic (exact) mass is 256 g/mol. The quantitative estimate of drug-likeness (QED) is 0.785. The molecule has 2 fully saturated rings. The Morgan fingerprint density at radius 1 is 1.41 bits per heavy atom. The number of hydrogen-bond donors (Lipinski definition) is 1. The van der Waals surface area contributed by atoms with Gasteiger partial charge in [0.25, 0.3) is 0 Å². The van der Waals surface area contributed by atoms with Crippen LogP contribution in [0.15, 0.2) is 4.99 Å². The van der Waals surface area contributed by atoms with Crippen LogP contribution in [-0.4, -0.2) is 36.2 Å². The maximum Gasteiger partial charge on any atom is 0.156 e. The van der Waals surface area contributed by atoms with Crippen molar-refractivity contribution in [2.75, 3.05) is 18.9 Å². The van der Waals surface area contributed by atoms with Gasteiger partial charge in [0.15, 0.2) is 5.17 Å². The van der Waals surface area contributed by atoms with Crippen molar-refractivity contribution in [3.63, 3.8) is 0 Å². The Morgan fingerprint density at radius 2 is 2.24 bits per heavy atom. The summed E-state index contributed by atoms with van der Waals surface area (Å²) < 4.78 is 5.50. The molecule has 0 aromatic rings. The molecule has 2 atom stereocenters. The van der Waals surface area contributed by atoms with Crippen LogP contribution in [0.5, 0.6) is 0 Å². The van der Waals surface area contributed by atoms with Crippen LogP contribution in [0.4, 0.5) is 0 Å². The van der Waals surface area contributed by atoms with E-state index in [2.05, 4.69) is 24.2 Å². The molecule has 1 aliphatic carbocycles. The predicted molar refractivity (Wildman–Crippen MR) is 74.7 cm³/mol. The van der Waals surface area contributed by atoms with Crippen molar-refractivity contribution >= 4 is 16.9 Å². The minimum atomic E-state index is 0.310. The summed E-state index contributed by atoms with van der Waals surface area (Å²) in [6.45, 7) is 5.64. The van der Waals surface area contributed by atoms with E-state index in [-0.39, 0.29) is 0 Å². The van der Waals surface area contributed by atoms with E-state index in [1.807, 2.05) is 11.8 Å². The predicted octanol–water partition coefficient (Wildman–Crippen LogP) is 2.66. The zero-order valence-electron chi connectivity index (χ0n) is 10.9. The highest BCUT2D eigenvalue weighted by Crippen LogP contribution is 2.31. The maximum atomic E-state index is 5.50. The largest absolute Gasteiger partial charge is 0.377 e. The lowest BCUT2D eigenvalue weighted by atomic mass is 9.86. The van der Waals surface area contributed by atoms with E-state index in [0.717, 1.165) is 24.2 Å². The molecule has 0 radical (unpaired) electrons. The molecule has 2 unspecified atom stereocenters. The highest BCUT2D eigenvalue weighted by molar-refractivity contribution is 8.13. The van der Waals surface area contributed by atoms with Crippen molar-refractivity contribution < 1.29 is 4.74 Å². The van der Waals surface area contributed by atoms with Crippen LogP contribution in [-0.2, 0) is 4.74 Å². The number of thioether (sulfide) groups is 1. The van der Waals surface area contributed by atoms with Gasteiger partial charge in [-0.3, -0.25) is 4.99 Å². The number of amidine groups is 1. The smallest absolute Gasteiger partial charge is 0.156 e. The first-order valence-electron chi connectivity index (χ1n) is 6.81. The second kappa shape index (κ2) is 6.64. The molecule has 98 valence electrons. The van der Waals surface area contributed by atoms with Gasteiger partial charge < -0.3 is 10.1 Å². The molecule has 1 saturated heterocycles. The Labute approximate surface area is 109 Å². The van der Waals surface area contributed by atoms with Gasteiger partial charge in [-0.2, -0.15) is 0 Å². The van der Waals surface area contributed by atoms with Gasteiger partial charge in [-0.15, -0.1) is 0 Å². The SMILES string of the molecule is CC(C)OCCN=C1NC2CCCCC2CS1. The van der Waals surface area contributed by atoms with Gasteiger partial charge in [0.2, 0.25) is 0 Å². The molecule has 2 rings (SSSR count). The third-order valence-electron chi connectivity index (χ3n) is 3.45. The molecule has 1 aliphatic heterocycles. The Morgan fingerprint density at radius 3 is 3.06 bits per heavy atom. The van der Waals surface area contributed by atoms with E-state index in [0.29, 0.717) is 12.1 Å². The molecule has 3 nitrogen and oxygen atoms in total. The Balaban J connectivity index is 1.73. The van der Waals surface area contributed by atoms with Crippen LogP contribution in [0.3, 0.4) is 0 Å². The summed E-state index contributed by atoms with van der Waals surface area (Å²) in [6, 6.07) is 0.690. The van der Waals surface area contributed by atoms with Crippen molar-refractivity contribution in [2.45, 2.75) is 51.7 Å². The van der Waals surface area contributed by atoms with Crippen molar-refractivity contribution in [3.8, 4) is 0 Å². The Hall–Kier alpha value is -0.220. The second-order valence-corrected chi connectivity index (χ2v) is 6.22. The lowest BCUT2D eigenvalue weighted by molar-refractivity contribution is 0.0853. The van der Waals surface area contributed by atoms with Crippen molar-refractivity contribution in [1.29, 1.82) is 0 Å². The molecule has 1 N–H and O–H groups in total.